The molecule has 5 rings (SSSR count). The van der Waals surface area contributed by atoms with E-state index in [1.54, 1.807) is 0 Å². The summed E-state index contributed by atoms with van der Waals surface area (Å²) in [5.41, 5.74) is 4.11. The first-order valence-corrected chi connectivity index (χ1v) is 10.9. The third kappa shape index (κ3) is 3.12. The summed E-state index contributed by atoms with van der Waals surface area (Å²) in [6, 6.07) is 16.4. The Morgan fingerprint density at radius 1 is 1.07 bits per heavy atom. The van der Waals surface area contributed by atoms with Crippen molar-refractivity contribution in [1.29, 1.82) is 0 Å². The van der Waals surface area contributed by atoms with Crippen molar-refractivity contribution in [2.75, 3.05) is 19.8 Å². The zero-order valence-electron chi connectivity index (χ0n) is 17.6. The van der Waals surface area contributed by atoms with E-state index in [2.05, 4.69) is 36.4 Å². The molecule has 2 heterocycles. The molecular weight excluding hydrogens is 378 g/mol. The van der Waals surface area contributed by atoms with Gasteiger partial charge in [-0.3, -0.25) is 4.90 Å². The Bertz CT molecular complexity index is 896. The second kappa shape index (κ2) is 7.40. The van der Waals surface area contributed by atoms with E-state index in [0.29, 0.717) is 32.7 Å². The number of ether oxygens (including phenoxy) is 2. The van der Waals surface area contributed by atoms with E-state index in [9.17, 15) is 9.90 Å². The molecule has 0 saturated carbocycles. The normalized spacial score (nSPS) is 27.7. The van der Waals surface area contributed by atoms with Crippen molar-refractivity contribution in [3.05, 3.63) is 59.7 Å². The Balaban J connectivity index is 1.34. The lowest BCUT2D eigenvalue weighted by Gasteiger charge is -2.52. The number of carbonyl (C=O) groups excluding carboxylic acids is 1. The Morgan fingerprint density at radius 3 is 2.13 bits per heavy atom. The number of fused-ring (bicyclic) bond motifs is 5. The van der Waals surface area contributed by atoms with Gasteiger partial charge in [-0.25, -0.2) is 4.79 Å². The number of hydrogen-bond donors (Lipinski definition) is 1. The zero-order chi connectivity index (χ0) is 20.9. The molecule has 2 aromatic rings. The maximum absolute atomic E-state index is 13.1. The number of nitrogens with zero attached hydrogens (tertiary/aromatic N) is 1. The smallest absolute Gasteiger partial charge is 0.410 e. The van der Waals surface area contributed by atoms with Crippen LogP contribution < -0.4 is 0 Å². The van der Waals surface area contributed by atoms with Crippen LogP contribution in [0, 0.1) is 5.92 Å². The molecule has 1 aliphatic carbocycles. The monoisotopic (exact) mass is 407 g/mol. The highest BCUT2D eigenvalue weighted by atomic mass is 16.6. The maximum Gasteiger partial charge on any atom is 0.410 e. The molecule has 30 heavy (non-hydrogen) atoms. The number of aliphatic hydroxyl groups is 1. The van der Waals surface area contributed by atoms with Crippen LogP contribution in [-0.4, -0.2) is 53.6 Å². The van der Waals surface area contributed by atoms with Crippen molar-refractivity contribution < 1.29 is 19.4 Å². The van der Waals surface area contributed by atoms with Gasteiger partial charge in [0.2, 0.25) is 0 Å². The molecule has 1 amide bonds. The number of piperidine rings is 1. The van der Waals surface area contributed by atoms with Gasteiger partial charge in [0.15, 0.2) is 0 Å². The first kappa shape index (κ1) is 19.6. The number of benzene rings is 2. The largest absolute Gasteiger partial charge is 0.448 e. The lowest BCUT2D eigenvalue weighted by Crippen LogP contribution is -2.64. The third-order valence-electron chi connectivity index (χ3n) is 7.21. The minimum atomic E-state index is -0.751. The van der Waals surface area contributed by atoms with Crippen molar-refractivity contribution in [3.63, 3.8) is 0 Å². The Kier molecular flexibility index (Phi) is 4.83. The van der Waals surface area contributed by atoms with Gasteiger partial charge in [0.05, 0.1) is 30.9 Å². The molecule has 0 radical (unpaired) electrons. The minimum Gasteiger partial charge on any atom is -0.448 e. The Morgan fingerprint density at radius 2 is 1.60 bits per heavy atom. The average molecular weight is 408 g/mol. The fraction of sp³-hybridized carbons (Fsp3) is 0.480. The van der Waals surface area contributed by atoms with Gasteiger partial charge >= 0.3 is 6.09 Å². The molecule has 2 unspecified atom stereocenters. The van der Waals surface area contributed by atoms with Crippen LogP contribution in [0.3, 0.4) is 0 Å². The van der Waals surface area contributed by atoms with Crippen molar-refractivity contribution in [1.82, 2.24) is 4.90 Å². The molecule has 2 fully saturated rings. The maximum atomic E-state index is 13.1. The predicted octanol–water partition coefficient (Wildman–Crippen LogP) is 4.19. The van der Waals surface area contributed by atoms with Crippen LogP contribution in [0.1, 0.15) is 43.7 Å². The van der Waals surface area contributed by atoms with Gasteiger partial charge in [-0.1, -0.05) is 62.4 Å². The molecule has 2 atom stereocenters. The molecule has 5 nitrogen and oxygen atoms in total. The highest BCUT2D eigenvalue weighted by Crippen LogP contribution is 2.45. The Hall–Kier alpha value is -2.37. The fourth-order valence-corrected chi connectivity index (χ4v) is 5.45. The van der Waals surface area contributed by atoms with Crippen molar-refractivity contribution in [3.8, 4) is 11.1 Å². The molecule has 3 aliphatic rings. The molecule has 0 aromatic heterocycles. The fourth-order valence-electron chi connectivity index (χ4n) is 5.45. The molecule has 2 saturated heterocycles. The lowest BCUT2D eigenvalue weighted by atomic mass is 9.75. The quantitative estimate of drug-likeness (QED) is 0.829. The van der Waals surface area contributed by atoms with Gasteiger partial charge in [-0.05, 0) is 41.0 Å². The topological polar surface area (TPSA) is 59.0 Å². The molecule has 158 valence electrons. The van der Waals surface area contributed by atoms with E-state index < -0.39 is 5.60 Å². The van der Waals surface area contributed by atoms with Gasteiger partial charge in [0.25, 0.3) is 0 Å². The van der Waals surface area contributed by atoms with Crippen LogP contribution in [0.15, 0.2) is 48.5 Å². The van der Waals surface area contributed by atoms with Gasteiger partial charge < -0.3 is 14.6 Å². The minimum absolute atomic E-state index is 0.0508. The number of hydrogen-bond acceptors (Lipinski definition) is 4. The summed E-state index contributed by atoms with van der Waals surface area (Å²) >= 11 is 0. The first-order valence-electron chi connectivity index (χ1n) is 10.9. The summed E-state index contributed by atoms with van der Waals surface area (Å²) in [6.45, 7) is 5.31. The van der Waals surface area contributed by atoms with Crippen LogP contribution in [0.25, 0.3) is 11.1 Å². The highest BCUT2D eigenvalue weighted by Gasteiger charge is 2.50. The second-order valence-electron chi connectivity index (χ2n) is 9.22. The Labute approximate surface area is 177 Å². The molecule has 1 N–H and O–H groups in total. The molecule has 2 aromatic carbocycles. The summed E-state index contributed by atoms with van der Waals surface area (Å²) in [7, 11) is 0. The summed E-state index contributed by atoms with van der Waals surface area (Å²) in [4.78, 5) is 15.0. The number of carbonyl (C=O) groups is 1. The van der Waals surface area contributed by atoms with Crippen LogP contribution in [0.4, 0.5) is 4.79 Å². The van der Waals surface area contributed by atoms with Gasteiger partial charge in [0, 0.05) is 5.92 Å². The van der Waals surface area contributed by atoms with E-state index in [1.807, 2.05) is 30.9 Å². The average Bonchev–Trinajstić information content (AvgIpc) is 3.05. The molecule has 5 heteroatoms. The van der Waals surface area contributed by atoms with Crippen LogP contribution >= 0.6 is 0 Å². The SMILES string of the molecule is CC(C)C1(O)CC2COCC(C1)N2C(=O)OCC1c2ccccc2-c2ccccc21. The van der Waals surface area contributed by atoms with Crippen molar-refractivity contribution >= 4 is 6.09 Å². The molecule has 2 bridgehead atoms. The van der Waals surface area contributed by atoms with Crippen molar-refractivity contribution in [2.24, 2.45) is 5.92 Å². The molecular formula is C25H29NO4. The summed E-state index contributed by atoms with van der Waals surface area (Å²) in [6.07, 6.45) is 0.775. The number of morpholine rings is 1. The highest BCUT2D eigenvalue weighted by molar-refractivity contribution is 5.79. The molecule has 2 aliphatic heterocycles. The van der Waals surface area contributed by atoms with Gasteiger partial charge in [-0.2, -0.15) is 0 Å². The van der Waals surface area contributed by atoms with E-state index in [1.165, 1.54) is 22.3 Å². The molecule has 0 spiro atoms. The summed E-state index contributed by atoms with van der Waals surface area (Å²) in [5, 5.41) is 11.0. The standard InChI is InChI=1S/C25H29NO4/c1-16(2)25(28)11-17-13-29-14-18(12-25)26(17)24(27)30-15-23-21-9-5-3-7-19(21)20-8-4-6-10-22(20)23/h3-10,16-18,23,28H,11-15H2,1-2H3. The second-order valence-corrected chi connectivity index (χ2v) is 9.22. The van der Waals surface area contributed by atoms with E-state index in [4.69, 9.17) is 9.47 Å². The first-order chi connectivity index (χ1) is 14.5. The van der Waals surface area contributed by atoms with E-state index >= 15 is 0 Å². The zero-order valence-corrected chi connectivity index (χ0v) is 17.6. The lowest BCUT2D eigenvalue weighted by molar-refractivity contribution is -0.148. The van der Waals surface area contributed by atoms with Crippen molar-refractivity contribution in [2.45, 2.75) is 50.3 Å². The van der Waals surface area contributed by atoms with E-state index in [0.717, 1.165) is 0 Å². The number of amides is 1. The van der Waals surface area contributed by atoms with Gasteiger partial charge in [-0.15, -0.1) is 0 Å². The van der Waals surface area contributed by atoms with Crippen LogP contribution in [-0.2, 0) is 9.47 Å². The van der Waals surface area contributed by atoms with Gasteiger partial charge in [0.1, 0.15) is 6.61 Å². The number of rotatable bonds is 3. The predicted molar refractivity (Wildman–Crippen MR) is 114 cm³/mol. The van der Waals surface area contributed by atoms with Crippen LogP contribution in [0.2, 0.25) is 0 Å². The third-order valence-corrected chi connectivity index (χ3v) is 7.21. The summed E-state index contributed by atoms with van der Waals surface area (Å²) < 4.78 is 11.6. The van der Waals surface area contributed by atoms with Crippen LogP contribution in [0.5, 0.6) is 0 Å². The summed E-state index contributed by atoms with van der Waals surface area (Å²) in [5.74, 6) is 0.195. The van der Waals surface area contributed by atoms with E-state index in [-0.39, 0.29) is 30.0 Å².